The van der Waals surface area contributed by atoms with E-state index < -0.39 is 5.54 Å². The molecule has 4 N–H and O–H groups in total. The summed E-state index contributed by atoms with van der Waals surface area (Å²) in [5.41, 5.74) is 6.59. The van der Waals surface area contributed by atoms with E-state index in [4.69, 9.17) is 10.5 Å². The minimum atomic E-state index is -0.542. The maximum absolute atomic E-state index is 10.2. The molecule has 4 nitrogen and oxygen atoms in total. The fourth-order valence-corrected chi connectivity index (χ4v) is 3.15. The van der Waals surface area contributed by atoms with Crippen molar-refractivity contribution in [2.75, 3.05) is 13.2 Å². The van der Waals surface area contributed by atoms with Gasteiger partial charge in [-0.05, 0) is 49.3 Å². The highest BCUT2D eigenvalue weighted by molar-refractivity contribution is 5.41. The van der Waals surface area contributed by atoms with Crippen LogP contribution in [0.15, 0.2) is 18.2 Å². The van der Waals surface area contributed by atoms with E-state index in [1.54, 1.807) is 6.07 Å². The topological polar surface area (TPSA) is 75.7 Å². The van der Waals surface area contributed by atoms with Crippen molar-refractivity contribution in [1.29, 1.82) is 0 Å². The molecule has 0 heterocycles. The SMILES string of the molecule is CC[C@@](N)(CO)CCc1ccc(OCCCCCCCCC(C)C)c(O)c1. The molecule has 27 heavy (non-hydrogen) atoms. The Morgan fingerprint density at radius 1 is 1.07 bits per heavy atom. The number of ether oxygens (including phenoxy) is 1. The molecule has 1 aromatic rings. The van der Waals surface area contributed by atoms with Gasteiger partial charge in [-0.15, -0.1) is 0 Å². The second-order valence-electron chi connectivity index (χ2n) is 8.33. The molecule has 0 aliphatic rings. The molecule has 0 unspecified atom stereocenters. The molecule has 0 radical (unpaired) electrons. The molecule has 0 aliphatic carbocycles. The summed E-state index contributed by atoms with van der Waals surface area (Å²) in [5, 5.41) is 19.6. The highest BCUT2D eigenvalue weighted by Gasteiger charge is 2.21. The molecule has 0 spiro atoms. The van der Waals surface area contributed by atoms with Gasteiger partial charge in [0.25, 0.3) is 0 Å². The number of aromatic hydroxyl groups is 1. The number of hydrogen-bond acceptors (Lipinski definition) is 4. The van der Waals surface area contributed by atoms with Gasteiger partial charge in [0.05, 0.1) is 13.2 Å². The molecule has 1 rings (SSSR count). The largest absolute Gasteiger partial charge is 0.504 e. The zero-order chi connectivity index (χ0) is 20.1. The number of phenols is 1. The maximum atomic E-state index is 10.2. The third-order valence-corrected chi connectivity index (χ3v) is 5.39. The van der Waals surface area contributed by atoms with Crippen molar-refractivity contribution in [3.8, 4) is 11.5 Å². The minimum Gasteiger partial charge on any atom is -0.504 e. The van der Waals surface area contributed by atoms with Crippen LogP contribution in [-0.2, 0) is 6.42 Å². The van der Waals surface area contributed by atoms with Gasteiger partial charge >= 0.3 is 0 Å². The van der Waals surface area contributed by atoms with Gasteiger partial charge in [0.1, 0.15) is 0 Å². The normalized spacial score (nSPS) is 13.7. The summed E-state index contributed by atoms with van der Waals surface area (Å²) in [4.78, 5) is 0. The lowest BCUT2D eigenvalue weighted by atomic mass is 9.90. The van der Waals surface area contributed by atoms with Crippen LogP contribution in [0.4, 0.5) is 0 Å². The molecule has 1 atom stereocenters. The van der Waals surface area contributed by atoms with E-state index in [1.807, 2.05) is 19.1 Å². The Bertz CT molecular complexity index is 512. The monoisotopic (exact) mass is 379 g/mol. The summed E-state index contributed by atoms with van der Waals surface area (Å²) in [6.45, 7) is 7.17. The standard InChI is InChI=1S/C23H41NO3/c1-4-23(24,18-25)15-14-20-12-13-22(21(26)17-20)27-16-10-8-6-5-7-9-11-19(2)3/h12-13,17,19,25-26H,4-11,14-16,18,24H2,1-3H3/t23-/m0/s1. The Labute approximate surface area is 166 Å². The van der Waals surface area contributed by atoms with E-state index in [0.29, 0.717) is 18.8 Å². The van der Waals surface area contributed by atoms with Crippen LogP contribution >= 0.6 is 0 Å². The van der Waals surface area contributed by atoms with Crippen LogP contribution in [0.3, 0.4) is 0 Å². The average Bonchev–Trinajstić information content (AvgIpc) is 2.65. The molecular weight excluding hydrogens is 338 g/mol. The number of nitrogens with two attached hydrogens (primary N) is 1. The first-order chi connectivity index (χ1) is 12.9. The number of aryl methyl sites for hydroxylation is 1. The summed E-state index contributed by atoms with van der Waals surface area (Å²) >= 11 is 0. The lowest BCUT2D eigenvalue weighted by Gasteiger charge is -2.25. The number of hydrogen-bond donors (Lipinski definition) is 3. The van der Waals surface area contributed by atoms with Crippen molar-refractivity contribution in [2.24, 2.45) is 11.7 Å². The number of rotatable bonds is 15. The van der Waals surface area contributed by atoms with Gasteiger partial charge in [-0.1, -0.05) is 65.4 Å². The van der Waals surface area contributed by atoms with Crippen LogP contribution in [0.25, 0.3) is 0 Å². The minimum absolute atomic E-state index is 0.0194. The van der Waals surface area contributed by atoms with Gasteiger partial charge in [-0.25, -0.2) is 0 Å². The summed E-state index contributed by atoms with van der Waals surface area (Å²) in [5.74, 6) is 1.55. The number of benzene rings is 1. The summed E-state index contributed by atoms with van der Waals surface area (Å²) in [6.07, 6.45) is 10.9. The molecule has 0 fully saturated rings. The second kappa shape index (κ2) is 13.0. The fraction of sp³-hybridized carbons (Fsp3) is 0.739. The Balaban J connectivity index is 2.23. The molecule has 0 aliphatic heterocycles. The van der Waals surface area contributed by atoms with Gasteiger partial charge in [0.15, 0.2) is 11.5 Å². The van der Waals surface area contributed by atoms with Crippen molar-refractivity contribution in [3.05, 3.63) is 23.8 Å². The molecule has 4 heteroatoms. The summed E-state index contributed by atoms with van der Waals surface area (Å²) in [7, 11) is 0. The van der Waals surface area contributed by atoms with Crippen LogP contribution in [0.2, 0.25) is 0 Å². The Morgan fingerprint density at radius 3 is 2.33 bits per heavy atom. The Morgan fingerprint density at radius 2 is 1.74 bits per heavy atom. The summed E-state index contributed by atoms with van der Waals surface area (Å²) < 4.78 is 5.72. The molecule has 0 amide bonds. The average molecular weight is 380 g/mol. The molecule has 156 valence electrons. The van der Waals surface area contributed by atoms with Gasteiger partial charge in [-0.3, -0.25) is 0 Å². The van der Waals surface area contributed by atoms with Crippen LogP contribution in [0, 0.1) is 5.92 Å². The molecule has 0 aromatic heterocycles. The molecule has 0 bridgehead atoms. The highest BCUT2D eigenvalue weighted by atomic mass is 16.5. The van der Waals surface area contributed by atoms with E-state index in [0.717, 1.165) is 30.7 Å². The van der Waals surface area contributed by atoms with Gasteiger partial charge in [0.2, 0.25) is 0 Å². The first-order valence-electron chi connectivity index (χ1n) is 10.7. The quantitative estimate of drug-likeness (QED) is 0.367. The van der Waals surface area contributed by atoms with Gasteiger partial charge < -0.3 is 20.7 Å². The lowest BCUT2D eigenvalue weighted by molar-refractivity contribution is 0.183. The van der Waals surface area contributed by atoms with Crippen molar-refractivity contribution in [1.82, 2.24) is 0 Å². The first-order valence-corrected chi connectivity index (χ1v) is 10.7. The Hall–Kier alpha value is -1.26. The molecule has 0 saturated heterocycles. The predicted molar refractivity (Wildman–Crippen MR) is 113 cm³/mol. The number of unbranched alkanes of at least 4 members (excludes halogenated alkanes) is 5. The maximum Gasteiger partial charge on any atom is 0.160 e. The van der Waals surface area contributed by atoms with E-state index in [-0.39, 0.29) is 12.4 Å². The predicted octanol–water partition coefficient (Wildman–Crippen LogP) is 5.19. The fourth-order valence-electron chi connectivity index (χ4n) is 3.15. The molecule has 0 saturated carbocycles. The van der Waals surface area contributed by atoms with E-state index in [9.17, 15) is 10.2 Å². The third-order valence-electron chi connectivity index (χ3n) is 5.39. The third kappa shape index (κ3) is 10.0. The van der Waals surface area contributed by atoms with Crippen molar-refractivity contribution in [3.63, 3.8) is 0 Å². The zero-order valence-corrected chi connectivity index (χ0v) is 17.7. The number of phenolic OH excluding ortho intramolecular Hbond substituents is 1. The van der Waals surface area contributed by atoms with Gasteiger partial charge in [-0.2, -0.15) is 0 Å². The summed E-state index contributed by atoms with van der Waals surface area (Å²) in [6, 6.07) is 5.55. The number of aliphatic hydroxyl groups is 1. The van der Waals surface area contributed by atoms with Crippen molar-refractivity contribution < 1.29 is 14.9 Å². The molecule has 1 aromatic carbocycles. The van der Waals surface area contributed by atoms with E-state index >= 15 is 0 Å². The van der Waals surface area contributed by atoms with Crippen LogP contribution < -0.4 is 10.5 Å². The Kier molecular flexibility index (Phi) is 11.5. The van der Waals surface area contributed by atoms with E-state index in [1.165, 1.54) is 38.5 Å². The van der Waals surface area contributed by atoms with Crippen LogP contribution in [0.5, 0.6) is 11.5 Å². The zero-order valence-electron chi connectivity index (χ0n) is 17.7. The van der Waals surface area contributed by atoms with E-state index in [2.05, 4.69) is 13.8 Å². The second-order valence-corrected chi connectivity index (χ2v) is 8.33. The highest BCUT2D eigenvalue weighted by Crippen LogP contribution is 2.28. The molecular formula is C23H41NO3. The number of aliphatic hydroxyl groups excluding tert-OH is 1. The lowest BCUT2D eigenvalue weighted by Crippen LogP contribution is -2.43. The van der Waals surface area contributed by atoms with Crippen molar-refractivity contribution >= 4 is 0 Å². The smallest absolute Gasteiger partial charge is 0.160 e. The van der Waals surface area contributed by atoms with Crippen LogP contribution in [-0.4, -0.2) is 29.0 Å². The first kappa shape index (κ1) is 23.8. The van der Waals surface area contributed by atoms with Crippen molar-refractivity contribution in [2.45, 2.75) is 90.5 Å². The van der Waals surface area contributed by atoms with Gasteiger partial charge in [0, 0.05) is 5.54 Å². The van der Waals surface area contributed by atoms with Crippen LogP contribution in [0.1, 0.15) is 84.1 Å².